The normalized spacial score (nSPS) is 21.1. The maximum Gasteiger partial charge on any atom is 0.262 e. The zero-order valence-electron chi connectivity index (χ0n) is 20.5. The molecule has 6 nitrogen and oxygen atoms in total. The van der Waals surface area contributed by atoms with E-state index in [0.717, 1.165) is 35.3 Å². The third-order valence-electron chi connectivity index (χ3n) is 7.82. The summed E-state index contributed by atoms with van der Waals surface area (Å²) in [5.74, 6) is 0.267. The Morgan fingerprint density at radius 2 is 1.60 bits per heavy atom. The van der Waals surface area contributed by atoms with Crippen LogP contribution in [0.5, 0.6) is 0 Å². The van der Waals surface area contributed by atoms with Gasteiger partial charge in [-0.15, -0.1) is 0 Å². The van der Waals surface area contributed by atoms with E-state index in [-0.39, 0.29) is 30.8 Å². The van der Waals surface area contributed by atoms with E-state index in [1.807, 2.05) is 6.07 Å². The molecule has 2 aromatic rings. The van der Waals surface area contributed by atoms with Crippen molar-refractivity contribution in [3.8, 4) is 0 Å². The number of imide groups is 1. The predicted molar refractivity (Wildman–Crippen MR) is 132 cm³/mol. The number of hydrogen-bond acceptors (Lipinski definition) is 5. The van der Waals surface area contributed by atoms with Gasteiger partial charge in [0.1, 0.15) is 5.78 Å². The molecule has 2 fully saturated rings. The fourth-order valence-electron chi connectivity index (χ4n) is 5.51. The van der Waals surface area contributed by atoms with Crippen LogP contribution < -0.4 is 0 Å². The highest BCUT2D eigenvalue weighted by Gasteiger charge is 2.45. The van der Waals surface area contributed by atoms with Crippen LogP contribution in [0.15, 0.2) is 42.5 Å². The molecule has 2 heterocycles. The summed E-state index contributed by atoms with van der Waals surface area (Å²) in [7, 11) is 0. The van der Waals surface area contributed by atoms with Crippen molar-refractivity contribution in [1.82, 2.24) is 9.80 Å². The van der Waals surface area contributed by atoms with Crippen molar-refractivity contribution in [2.45, 2.75) is 58.5 Å². The van der Waals surface area contributed by atoms with Crippen LogP contribution >= 0.6 is 0 Å². The molecule has 182 valence electrons. The van der Waals surface area contributed by atoms with Gasteiger partial charge in [0.15, 0.2) is 5.78 Å². The van der Waals surface area contributed by atoms with E-state index in [2.05, 4.69) is 43.0 Å². The predicted octanol–water partition coefficient (Wildman–Crippen LogP) is 3.85. The molecule has 1 atom stereocenters. The van der Waals surface area contributed by atoms with Crippen LogP contribution in [-0.2, 0) is 29.0 Å². The van der Waals surface area contributed by atoms with Crippen LogP contribution in [-0.4, -0.2) is 52.3 Å². The average Bonchev–Trinajstić information content (AvgIpc) is 3.06. The Bertz CT molecular complexity index is 1180. The summed E-state index contributed by atoms with van der Waals surface area (Å²) in [6.07, 6.45) is 1.64. The summed E-state index contributed by atoms with van der Waals surface area (Å²) in [4.78, 5) is 53.9. The van der Waals surface area contributed by atoms with Crippen molar-refractivity contribution in [3.63, 3.8) is 0 Å². The van der Waals surface area contributed by atoms with Gasteiger partial charge in [-0.05, 0) is 53.9 Å². The van der Waals surface area contributed by atoms with Crippen molar-refractivity contribution in [2.75, 3.05) is 13.1 Å². The molecular formula is C29H32N2O4. The molecule has 1 saturated carbocycles. The van der Waals surface area contributed by atoms with Gasteiger partial charge in [-0.2, -0.15) is 0 Å². The van der Waals surface area contributed by atoms with Gasteiger partial charge in [0.05, 0.1) is 23.6 Å². The molecule has 0 radical (unpaired) electrons. The van der Waals surface area contributed by atoms with Crippen molar-refractivity contribution >= 4 is 23.4 Å². The maximum atomic E-state index is 13.3. The summed E-state index contributed by atoms with van der Waals surface area (Å²) in [5, 5.41) is 0. The number of fused-ring (bicyclic) bond motifs is 1. The number of carbonyl (C=O) groups excluding carboxylic acids is 4. The first-order valence-corrected chi connectivity index (χ1v) is 12.7. The number of aryl methyl sites for hydroxylation is 2. The smallest absolute Gasteiger partial charge is 0.262 e. The zero-order valence-corrected chi connectivity index (χ0v) is 20.5. The number of carbonyl (C=O) groups is 4. The SMILES string of the molecule is CC(C)C1CN(Cc2ccc(CCc3cccc4c3C(=O)N(C3CCC(=O)CC3=O)C4=O)cc2)C1. The Labute approximate surface area is 206 Å². The van der Waals surface area contributed by atoms with Crippen LogP contribution in [0.25, 0.3) is 0 Å². The lowest BCUT2D eigenvalue weighted by molar-refractivity contribution is -0.132. The Morgan fingerprint density at radius 1 is 0.886 bits per heavy atom. The first-order valence-electron chi connectivity index (χ1n) is 12.7. The summed E-state index contributed by atoms with van der Waals surface area (Å²) in [5.41, 5.74) is 4.10. The lowest BCUT2D eigenvalue weighted by atomic mass is 9.88. The topological polar surface area (TPSA) is 74.8 Å². The minimum atomic E-state index is -0.831. The quantitative estimate of drug-likeness (QED) is 0.452. The summed E-state index contributed by atoms with van der Waals surface area (Å²) < 4.78 is 0. The largest absolute Gasteiger partial charge is 0.299 e. The van der Waals surface area contributed by atoms with Gasteiger partial charge in [-0.3, -0.25) is 29.0 Å². The van der Waals surface area contributed by atoms with Crippen molar-refractivity contribution in [3.05, 3.63) is 70.3 Å². The van der Waals surface area contributed by atoms with Gasteiger partial charge >= 0.3 is 0 Å². The van der Waals surface area contributed by atoms with E-state index in [1.54, 1.807) is 12.1 Å². The number of rotatable bonds is 7. The second-order valence-corrected chi connectivity index (χ2v) is 10.6. The zero-order chi connectivity index (χ0) is 24.7. The fraction of sp³-hybridized carbons (Fsp3) is 0.448. The number of benzene rings is 2. The van der Waals surface area contributed by atoms with Crippen LogP contribution in [0.4, 0.5) is 0 Å². The van der Waals surface area contributed by atoms with Gasteiger partial charge in [0.25, 0.3) is 11.8 Å². The molecule has 0 aromatic heterocycles. The standard InChI is InChI=1S/C29H32N2O4/c1-18(2)22-16-30(17-22)15-20-8-6-19(7-9-20)10-11-21-4-3-5-24-27(21)29(35)31(28(24)34)25-13-12-23(32)14-26(25)33/h3-9,18,22,25H,10-17H2,1-2H3. The van der Waals surface area contributed by atoms with E-state index in [4.69, 9.17) is 0 Å². The molecule has 3 aliphatic rings. The van der Waals surface area contributed by atoms with Crippen molar-refractivity contribution in [1.29, 1.82) is 0 Å². The molecular weight excluding hydrogens is 440 g/mol. The van der Waals surface area contributed by atoms with Crippen molar-refractivity contribution < 1.29 is 19.2 Å². The molecule has 1 unspecified atom stereocenters. The number of amides is 2. The Hall–Kier alpha value is -3.12. The van der Waals surface area contributed by atoms with E-state index in [0.29, 0.717) is 17.5 Å². The van der Waals surface area contributed by atoms with Crippen LogP contribution in [0, 0.1) is 11.8 Å². The van der Waals surface area contributed by atoms with Gasteiger partial charge in [-0.1, -0.05) is 50.2 Å². The summed E-state index contributed by atoms with van der Waals surface area (Å²) in [6, 6.07) is 13.2. The van der Waals surface area contributed by atoms with Gasteiger partial charge < -0.3 is 0 Å². The fourth-order valence-corrected chi connectivity index (χ4v) is 5.51. The molecule has 0 N–H and O–H groups in total. The molecule has 0 spiro atoms. The average molecular weight is 473 g/mol. The Balaban J connectivity index is 1.24. The molecule has 2 aromatic carbocycles. The van der Waals surface area contributed by atoms with Crippen LogP contribution in [0.2, 0.25) is 0 Å². The highest BCUT2D eigenvalue weighted by atomic mass is 16.2. The van der Waals surface area contributed by atoms with E-state index in [1.165, 1.54) is 24.2 Å². The van der Waals surface area contributed by atoms with Crippen LogP contribution in [0.3, 0.4) is 0 Å². The van der Waals surface area contributed by atoms with Gasteiger partial charge in [-0.25, -0.2) is 0 Å². The minimum absolute atomic E-state index is 0.126. The maximum absolute atomic E-state index is 13.3. The van der Waals surface area contributed by atoms with E-state index in [9.17, 15) is 19.2 Å². The molecule has 0 bridgehead atoms. The highest BCUT2D eigenvalue weighted by molar-refractivity contribution is 6.24. The van der Waals surface area contributed by atoms with E-state index < -0.39 is 17.9 Å². The van der Waals surface area contributed by atoms with Crippen molar-refractivity contribution in [2.24, 2.45) is 11.8 Å². The second kappa shape index (κ2) is 9.50. The number of Topliss-reactive ketones (excluding diaryl/α,β-unsaturated/α-hetero) is 2. The number of hydrogen-bond donors (Lipinski definition) is 0. The summed E-state index contributed by atoms with van der Waals surface area (Å²) >= 11 is 0. The molecule has 2 aliphatic heterocycles. The molecule has 1 saturated heterocycles. The molecule has 2 amide bonds. The highest BCUT2D eigenvalue weighted by Crippen LogP contribution is 2.32. The van der Waals surface area contributed by atoms with Crippen LogP contribution in [0.1, 0.15) is 70.5 Å². The Morgan fingerprint density at radius 3 is 2.29 bits per heavy atom. The first-order chi connectivity index (χ1) is 16.8. The molecule has 35 heavy (non-hydrogen) atoms. The molecule has 5 rings (SSSR count). The lowest BCUT2D eigenvalue weighted by Gasteiger charge is -2.41. The minimum Gasteiger partial charge on any atom is -0.299 e. The molecule has 1 aliphatic carbocycles. The first kappa shape index (κ1) is 23.6. The molecule has 6 heteroatoms. The monoisotopic (exact) mass is 472 g/mol. The van der Waals surface area contributed by atoms with Gasteiger partial charge in [0, 0.05) is 26.1 Å². The number of likely N-dealkylation sites (tertiary alicyclic amines) is 1. The van der Waals surface area contributed by atoms with E-state index >= 15 is 0 Å². The number of ketones is 2. The number of nitrogens with zero attached hydrogens (tertiary/aromatic N) is 2. The lowest BCUT2D eigenvalue weighted by Crippen LogP contribution is -2.48. The summed E-state index contributed by atoms with van der Waals surface area (Å²) in [6.45, 7) is 7.90. The third-order valence-corrected chi connectivity index (χ3v) is 7.82. The van der Waals surface area contributed by atoms with Gasteiger partial charge in [0.2, 0.25) is 0 Å². The third kappa shape index (κ3) is 4.59. The Kier molecular flexibility index (Phi) is 6.41. The second-order valence-electron chi connectivity index (χ2n) is 10.6.